The van der Waals surface area contributed by atoms with Crippen LogP contribution >= 0.6 is 23.2 Å². The van der Waals surface area contributed by atoms with Gasteiger partial charge >= 0.3 is 5.97 Å². The van der Waals surface area contributed by atoms with Gasteiger partial charge in [-0.3, -0.25) is 9.00 Å². The highest BCUT2D eigenvalue weighted by molar-refractivity contribution is 7.85. The summed E-state index contributed by atoms with van der Waals surface area (Å²) >= 11 is 11.9. The van der Waals surface area contributed by atoms with Crippen LogP contribution in [0, 0.1) is 0 Å². The Hall–Kier alpha value is -1.89. The molecule has 0 saturated carbocycles. The van der Waals surface area contributed by atoms with Crippen molar-refractivity contribution in [2.24, 2.45) is 0 Å². The third kappa shape index (κ3) is 5.29. The number of hydrogen-bond acceptors (Lipinski definition) is 3. The van der Waals surface area contributed by atoms with Gasteiger partial charge in [0.05, 0.1) is 16.3 Å². The van der Waals surface area contributed by atoms with Crippen molar-refractivity contribution >= 4 is 51.6 Å². The van der Waals surface area contributed by atoms with Crippen LogP contribution in [0.25, 0.3) is 0 Å². The zero-order valence-corrected chi connectivity index (χ0v) is 15.5. The summed E-state index contributed by atoms with van der Waals surface area (Å²) in [5, 5.41) is 11.5. The highest BCUT2D eigenvalue weighted by Crippen LogP contribution is 2.25. The van der Waals surface area contributed by atoms with E-state index in [2.05, 4.69) is 5.32 Å². The second kappa shape index (κ2) is 8.47. The number of carboxylic acids is 1. The molecule has 2 rings (SSSR count). The van der Waals surface area contributed by atoms with Crippen LogP contribution in [0.5, 0.6) is 0 Å². The molecule has 0 radical (unpaired) electrons. The molecule has 2 N–H and O–H groups in total. The van der Waals surface area contributed by atoms with E-state index in [1.54, 1.807) is 31.2 Å². The van der Waals surface area contributed by atoms with Gasteiger partial charge in [0.2, 0.25) is 5.91 Å². The Balaban J connectivity index is 2.02. The maximum Gasteiger partial charge on any atom is 0.335 e. The van der Waals surface area contributed by atoms with Crippen molar-refractivity contribution in [1.82, 2.24) is 0 Å². The molecule has 5 nitrogen and oxygen atoms in total. The summed E-state index contributed by atoms with van der Waals surface area (Å²) in [5.41, 5.74) is 1.19. The summed E-state index contributed by atoms with van der Waals surface area (Å²) in [6, 6.07) is 10.7. The molecule has 2 atom stereocenters. The zero-order chi connectivity index (χ0) is 18.6. The van der Waals surface area contributed by atoms with Gasteiger partial charge in [0.15, 0.2) is 0 Å². The van der Waals surface area contributed by atoms with E-state index in [0.717, 1.165) is 0 Å². The molecule has 8 heteroatoms. The number of nitrogens with one attached hydrogen (secondary N) is 1. The van der Waals surface area contributed by atoms with Crippen LogP contribution in [0.1, 0.15) is 22.8 Å². The SMILES string of the molecule is CC(C(=O)Nc1cc(Cl)ccc1Cl)S(=O)Cc1ccc(C(=O)O)cc1. The van der Waals surface area contributed by atoms with E-state index < -0.39 is 27.9 Å². The average molecular weight is 400 g/mol. The summed E-state index contributed by atoms with van der Waals surface area (Å²) in [6.45, 7) is 1.55. The quantitative estimate of drug-likeness (QED) is 0.769. The monoisotopic (exact) mass is 399 g/mol. The number of halogens is 2. The Bertz CT molecular complexity index is 824. The molecule has 0 spiro atoms. The molecular weight excluding hydrogens is 385 g/mol. The summed E-state index contributed by atoms with van der Waals surface area (Å²) < 4.78 is 12.4. The van der Waals surface area contributed by atoms with Gasteiger partial charge in [-0.15, -0.1) is 0 Å². The lowest BCUT2D eigenvalue weighted by atomic mass is 10.1. The number of carboxylic acid groups (broad SMARTS) is 1. The highest BCUT2D eigenvalue weighted by atomic mass is 35.5. The van der Waals surface area contributed by atoms with E-state index in [9.17, 15) is 13.8 Å². The van der Waals surface area contributed by atoms with Crippen molar-refractivity contribution in [1.29, 1.82) is 0 Å². The molecule has 0 aliphatic carbocycles. The Labute approximate surface area is 157 Å². The standard InChI is InChI=1S/C17H15Cl2NO4S/c1-10(16(21)20-15-8-13(18)6-7-14(15)19)25(24)9-11-2-4-12(5-3-11)17(22)23/h2-8,10H,9H2,1H3,(H,20,21)(H,22,23). The normalized spacial score (nSPS) is 13.1. The van der Waals surface area contributed by atoms with Crippen molar-refractivity contribution in [3.8, 4) is 0 Å². The second-order valence-corrected chi connectivity index (χ2v) is 7.88. The maximum atomic E-state index is 12.4. The molecule has 0 fully saturated rings. The fourth-order valence-corrected chi connectivity index (χ4v) is 3.39. The van der Waals surface area contributed by atoms with Gasteiger partial charge in [0.1, 0.15) is 5.25 Å². The lowest BCUT2D eigenvalue weighted by Gasteiger charge is -2.13. The predicted octanol–water partition coefficient (Wildman–Crippen LogP) is 3.97. The number of aromatic carboxylic acids is 1. The second-order valence-electron chi connectivity index (χ2n) is 5.28. The first kappa shape index (κ1) is 19.4. The molecule has 0 aliphatic rings. The Kier molecular flexibility index (Phi) is 6.58. The van der Waals surface area contributed by atoms with Crippen LogP contribution in [0.4, 0.5) is 5.69 Å². The molecule has 2 aromatic rings. The van der Waals surface area contributed by atoms with Crippen LogP contribution in [-0.4, -0.2) is 26.4 Å². The Morgan fingerprint density at radius 1 is 1.16 bits per heavy atom. The molecule has 1 amide bonds. The van der Waals surface area contributed by atoms with Gasteiger partial charge in [-0.05, 0) is 42.8 Å². The van der Waals surface area contributed by atoms with Crippen molar-refractivity contribution in [3.63, 3.8) is 0 Å². The molecule has 0 aliphatic heterocycles. The van der Waals surface area contributed by atoms with Gasteiger partial charge in [-0.2, -0.15) is 0 Å². The molecule has 0 saturated heterocycles. The molecule has 132 valence electrons. The maximum absolute atomic E-state index is 12.4. The molecule has 0 bridgehead atoms. The molecule has 0 aromatic heterocycles. The molecule has 2 unspecified atom stereocenters. The van der Waals surface area contributed by atoms with Crippen LogP contribution in [0.15, 0.2) is 42.5 Å². The summed E-state index contributed by atoms with van der Waals surface area (Å²) in [4.78, 5) is 23.1. The van der Waals surface area contributed by atoms with E-state index >= 15 is 0 Å². The van der Waals surface area contributed by atoms with Gasteiger partial charge in [0, 0.05) is 21.6 Å². The number of anilines is 1. The van der Waals surface area contributed by atoms with Gasteiger partial charge < -0.3 is 10.4 Å². The lowest BCUT2D eigenvalue weighted by Crippen LogP contribution is -2.29. The van der Waals surface area contributed by atoms with Crippen molar-refractivity contribution in [2.45, 2.75) is 17.9 Å². The molecule has 0 heterocycles. The van der Waals surface area contributed by atoms with E-state index in [4.69, 9.17) is 28.3 Å². The predicted molar refractivity (Wildman–Crippen MR) is 99.8 cm³/mol. The topological polar surface area (TPSA) is 83.5 Å². The number of carbonyl (C=O) groups is 2. The number of benzene rings is 2. The first-order chi connectivity index (χ1) is 11.8. The minimum Gasteiger partial charge on any atom is -0.478 e. The van der Waals surface area contributed by atoms with Crippen LogP contribution in [-0.2, 0) is 21.3 Å². The number of amides is 1. The minimum atomic E-state index is -1.48. The van der Waals surface area contributed by atoms with E-state index in [0.29, 0.717) is 21.3 Å². The number of hydrogen-bond donors (Lipinski definition) is 2. The van der Waals surface area contributed by atoms with E-state index in [1.165, 1.54) is 18.2 Å². The first-order valence-corrected chi connectivity index (χ1v) is 9.37. The van der Waals surface area contributed by atoms with Crippen LogP contribution in [0.2, 0.25) is 10.0 Å². The van der Waals surface area contributed by atoms with Crippen molar-refractivity contribution < 1.29 is 18.9 Å². The summed E-state index contributed by atoms with van der Waals surface area (Å²) in [6.07, 6.45) is 0. The van der Waals surface area contributed by atoms with Gasteiger partial charge in [0.25, 0.3) is 0 Å². The van der Waals surface area contributed by atoms with Crippen molar-refractivity contribution in [2.75, 3.05) is 5.32 Å². The molecular formula is C17H15Cl2NO4S. The molecule has 25 heavy (non-hydrogen) atoms. The Morgan fingerprint density at radius 2 is 1.80 bits per heavy atom. The van der Waals surface area contributed by atoms with Gasteiger partial charge in [-0.1, -0.05) is 35.3 Å². The largest absolute Gasteiger partial charge is 0.478 e. The smallest absolute Gasteiger partial charge is 0.335 e. The Morgan fingerprint density at radius 3 is 2.40 bits per heavy atom. The molecule has 2 aromatic carbocycles. The van der Waals surface area contributed by atoms with Gasteiger partial charge in [-0.25, -0.2) is 4.79 Å². The first-order valence-electron chi connectivity index (χ1n) is 7.23. The van der Waals surface area contributed by atoms with E-state index in [-0.39, 0.29) is 11.3 Å². The summed E-state index contributed by atoms with van der Waals surface area (Å²) in [5.74, 6) is -1.33. The highest BCUT2D eigenvalue weighted by Gasteiger charge is 2.21. The number of carbonyl (C=O) groups excluding carboxylic acids is 1. The van der Waals surface area contributed by atoms with Crippen molar-refractivity contribution in [3.05, 3.63) is 63.6 Å². The fourth-order valence-electron chi connectivity index (χ4n) is 1.98. The van der Waals surface area contributed by atoms with E-state index in [1.807, 2.05) is 0 Å². The number of rotatable bonds is 6. The minimum absolute atomic E-state index is 0.137. The average Bonchev–Trinajstić information content (AvgIpc) is 2.57. The van der Waals surface area contributed by atoms with Crippen LogP contribution in [0.3, 0.4) is 0 Å². The summed E-state index contributed by atoms with van der Waals surface area (Å²) in [7, 11) is -1.48. The fraction of sp³-hybridized carbons (Fsp3) is 0.176. The third-order valence-electron chi connectivity index (χ3n) is 3.46. The van der Waals surface area contributed by atoms with Crippen LogP contribution < -0.4 is 5.32 Å². The zero-order valence-electron chi connectivity index (χ0n) is 13.2. The third-order valence-corrected chi connectivity index (χ3v) is 5.64. The lowest BCUT2D eigenvalue weighted by molar-refractivity contribution is -0.115.